The maximum Gasteiger partial charge on any atom is 0.303 e. The molecule has 1 N–H and O–H groups in total. The van der Waals surface area contributed by atoms with E-state index in [2.05, 4.69) is 44.9 Å². The molecule has 0 aromatic heterocycles. The molecule has 1 atom stereocenters. The average Bonchev–Trinajstić information content (AvgIpc) is 2.21. The van der Waals surface area contributed by atoms with Gasteiger partial charge in [-0.05, 0) is 50.4 Å². The van der Waals surface area contributed by atoms with Crippen LogP contribution < -0.4 is 0 Å². The van der Waals surface area contributed by atoms with Crippen LogP contribution in [0.1, 0.15) is 35.6 Å². The lowest BCUT2D eigenvalue weighted by Gasteiger charge is -2.22. The molecule has 19 heavy (non-hydrogen) atoms. The van der Waals surface area contributed by atoms with Crippen LogP contribution in [-0.4, -0.2) is 29.6 Å². The first-order valence-corrected chi connectivity index (χ1v) is 6.76. The number of aryl methyl sites for hydroxylation is 3. The molecule has 1 unspecified atom stereocenters. The van der Waals surface area contributed by atoms with Gasteiger partial charge in [0.1, 0.15) is 0 Å². The van der Waals surface area contributed by atoms with Crippen LogP contribution in [0.4, 0.5) is 0 Å². The van der Waals surface area contributed by atoms with Gasteiger partial charge < -0.3 is 10.0 Å². The summed E-state index contributed by atoms with van der Waals surface area (Å²) < 4.78 is 0. The van der Waals surface area contributed by atoms with Crippen molar-refractivity contribution < 1.29 is 9.90 Å². The zero-order valence-electron chi connectivity index (χ0n) is 12.7. The quantitative estimate of drug-likeness (QED) is 0.857. The molecule has 0 fully saturated rings. The summed E-state index contributed by atoms with van der Waals surface area (Å²) in [4.78, 5) is 12.9. The van der Waals surface area contributed by atoms with Gasteiger partial charge in [-0.2, -0.15) is 0 Å². The number of carbonyl (C=O) groups is 1. The summed E-state index contributed by atoms with van der Waals surface area (Å²) in [6.45, 7) is 10.1. The van der Waals surface area contributed by atoms with E-state index < -0.39 is 5.97 Å². The molecular weight excluding hydrogens is 238 g/mol. The van der Waals surface area contributed by atoms with Crippen molar-refractivity contribution in [3.05, 3.63) is 34.4 Å². The predicted octanol–water partition coefficient (Wildman–Crippen LogP) is 3.15. The Morgan fingerprint density at radius 1 is 1.26 bits per heavy atom. The van der Waals surface area contributed by atoms with Crippen LogP contribution in [0.2, 0.25) is 0 Å². The second-order valence-electron chi connectivity index (χ2n) is 5.78. The summed E-state index contributed by atoms with van der Waals surface area (Å²) >= 11 is 0. The number of hydrogen-bond acceptors (Lipinski definition) is 2. The van der Waals surface area contributed by atoms with Crippen LogP contribution >= 0.6 is 0 Å². The minimum atomic E-state index is -0.719. The van der Waals surface area contributed by atoms with Crippen LogP contribution in [0.5, 0.6) is 0 Å². The fourth-order valence-electron chi connectivity index (χ4n) is 2.69. The van der Waals surface area contributed by atoms with Gasteiger partial charge in [0.2, 0.25) is 0 Å². The zero-order valence-corrected chi connectivity index (χ0v) is 12.7. The molecular formula is C16H25NO2. The topological polar surface area (TPSA) is 40.5 Å². The molecule has 0 bridgehead atoms. The largest absolute Gasteiger partial charge is 0.481 e. The molecule has 0 aliphatic heterocycles. The molecule has 1 aromatic carbocycles. The zero-order chi connectivity index (χ0) is 14.6. The number of nitrogens with zero attached hydrogens (tertiary/aromatic N) is 1. The van der Waals surface area contributed by atoms with E-state index >= 15 is 0 Å². The highest BCUT2D eigenvalue weighted by atomic mass is 16.4. The lowest BCUT2D eigenvalue weighted by molar-refractivity contribution is -0.138. The standard InChI is InChI=1S/C16H25NO2/c1-11-6-13(3)15(14(4)7-11)10-17(5)9-12(2)8-16(18)19/h6-7,12H,8-10H2,1-5H3,(H,18,19). The third kappa shape index (κ3) is 5.03. The van der Waals surface area contributed by atoms with Gasteiger partial charge in [-0.25, -0.2) is 0 Å². The van der Waals surface area contributed by atoms with E-state index in [0.29, 0.717) is 0 Å². The number of benzene rings is 1. The van der Waals surface area contributed by atoms with Crippen LogP contribution in [0.25, 0.3) is 0 Å². The molecule has 0 aliphatic carbocycles. The summed E-state index contributed by atoms with van der Waals surface area (Å²) in [6, 6.07) is 4.41. The van der Waals surface area contributed by atoms with E-state index in [1.165, 1.54) is 22.3 Å². The fourth-order valence-corrected chi connectivity index (χ4v) is 2.69. The van der Waals surface area contributed by atoms with E-state index in [4.69, 9.17) is 5.11 Å². The Balaban J connectivity index is 2.67. The minimum absolute atomic E-state index is 0.175. The van der Waals surface area contributed by atoms with E-state index in [9.17, 15) is 4.79 Å². The van der Waals surface area contributed by atoms with Gasteiger partial charge in [-0.1, -0.05) is 24.6 Å². The Morgan fingerprint density at radius 2 is 1.79 bits per heavy atom. The highest BCUT2D eigenvalue weighted by Crippen LogP contribution is 2.18. The Labute approximate surface area is 116 Å². The molecule has 1 aromatic rings. The van der Waals surface area contributed by atoms with Crippen molar-refractivity contribution in [2.24, 2.45) is 5.92 Å². The number of aliphatic carboxylic acids is 1. The second-order valence-corrected chi connectivity index (χ2v) is 5.78. The normalized spacial score (nSPS) is 12.7. The monoisotopic (exact) mass is 263 g/mol. The van der Waals surface area contributed by atoms with Crippen LogP contribution in [-0.2, 0) is 11.3 Å². The Kier molecular flexibility index (Phi) is 5.55. The maximum atomic E-state index is 10.7. The highest BCUT2D eigenvalue weighted by molar-refractivity contribution is 5.66. The fraction of sp³-hybridized carbons (Fsp3) is 0.562. The second kappa shape index (κ2) is 6.71. The first kappa shape index (κ1) is 15.7. The summed E-state index contributed by atoms with van der Waals surface area (Å²) in [5.41, 5.74) is 5.28. The molecule has 0 heterocycles. The van der Waals surface area contributed by atoms with Crippen molar-refractivity contribution in [2.45, 2.75) is 40.7 Å². The summed E-state index contributed by atoms with van der Waals surface area (Å²) in [5, 5.41) is 8.79. The number of rotatable bonds is 6. The van der Waals surface area contributed by atoms with Gasteiger partial charge in [-0.3, -0.25) is 4.79 Å². The summed E-state index contributed by atoms with van der Waals surface area (Å²) in [6.07, 6.45) is 0.232. The molecule has 0 saturated heterocycles. The van der Waals surface area contributed by atoms with Gasteiger partial charge in [-0.15, -0.1) is 0 Å². The van der Waals surface area contributed by atoms with Crippen molar-refractivity contribution >= 4 is 5.97 Å². The van der Waals surface area contributed by atoms with E-state index in [-0.39, 0.29) is 12.3 Å². The van der Waals surface area contributed by atoms with Gasteiger partial charge in [0, 0.05) is 19.5 Å². The molecule has 3 heteroatoms. The first-order valence-electron chi connectivity index (χ1n) is 6.76. The van der Waals surface area contributed by atoms with Crippen molar-refractivity contribution in [3.63, 3.8) is 0 Å². The number of hydrogen-bond donors (Lipinski definition) is 1. The predicted molar refractivity (Wildman–Crippen MR) is 78.4 cm³/mol. The maximum absolute atomic E-state index is 10.7. The Morgan fingerprint density at radius 3 is 2.26 bits per heavy atom. The molecule has 0 amide bonds. The molecule has 106 valence electrons. The van der Waals surface area contributed by atoms with Crippen LogP contribution in [0.3, 0.4) is 0 Å². The number of carboxylic acid groups (broad SMARTS) is 1. The molecule has 1 rings (SSSR count). The number of carboxylic acids is 1. The van der Waals surface area contributed by atoms with Gasteiger partial charge in [0.15, 0.2) is 0 Å². The van der Waals surface area contributed by atoms with Gasteiger partial charge >= 0.3 is 5.97 Å². The smallest absolute Gasteiger partial charge is 0.303 e. The summed E-state index contributed by atoms with van der Waals surface area (Å²) in [5.74, 6) is -0.544. The van der Waals surface area contributed by atoms with Crippen molar-refractivity contribution in [2.75, 3.05) is 13.6 Å². The molecule has 0 spiro atoms. The lowest BCUT2D eigenvalue weighted by atomic mass is 9.99. The third-order valence-electron chi connectivity index (χ3n) is 3.41. The van der Waals surface area contributed by atoms with Crippen LogP contribution in [0, 0.1) is 26.7 Å². The highest BCUT2D eigenvalue weighted by Gasteiger charge is 2.12. The van der Waals surface area contributed by atoms with E-state index in [1.807, 2.05) is 6.92 Å². The van der Waals surface area contributed by atoms with Crippen molar-refractivity contribution in [1.29, 1.82) is 0 Å². The van der Waals surface area contributed by atoms with E-state index in [1.54, 1.807) is 0 Å². The molecule has 0 saturated carbocycles. The minimum Gasteiger partial charge on any atom is -0.481 e. The van der Waals surface area contributed by atoms with Gasteiger partial charge in [0.05, 0.1) is 0 Å². The molecule has 0 radical (unpaired) electrons. The van der Waals surface area contributed by atoms with Gasteiger partial charge in [0.25, 0.3) is 0 Å². The summed E-state index contributed by atoms with van der Waals surface area (Å²) in [7, 11) is 2.05. The Hall–Kier alpha value is -1.35. The molecule has 0 aliphatic rings. The third-order valence-corrected chi connectivity index (χ3v) is 3.41. The van der Waals surface area contributed by atoms with E-state index in [0.717, 1.165) is 13.1 Å². The van der Waals surface area contributed by atoms with Crippen molar-refractivity contribution in [3.8, 4) is 0 Å². The Bertz CT molecular complexity index is 431. The SMILES string of the molecule is Cc1cc(C)c(CN(C)CC(C)CC(=O)O)c(C)c1. The average molecular weight is 263 g/mol. The molecule has 3 nitrogen and oxygen atoms in total. The van der Waals surface area contributed by atoms with Crippen LogP contribution in [0.15, 0.2) is 12.1 Å². The van der Waals surface area contributed by atoms with Crippen molar-refractivity contribution in [1.82, 2.24) is 4.90 Å². The first-order chi connectivity index (χ1) is 8.79. The lowest BCUT2D eigenvalue weighted by Crippen LogP contribution is -2.26.